The lowest BCUT2D eigenvalue weighted by Gasteiger charge is -2.12. The third kappa shape index (κ3) is 8.62. The van der Waals surface area contributed by atoms with E-state index in [9.17, 15) is 9.18 Å². The van der Waals surface area contributed by atoms with Gasteiger partial charge >= 0.3 is 5.97 Å². The fraction of sp³-hybridized carbons (Fsp3) is 0.640. The summed E-state index contributed by atoms with van der Waals surface area (Å²) in [6, 6.07) is 3.22. The molecule has 0 spiro atoms. The predicted molar refractivity (Wildman–Crippen MR) is 120 cm³/mol. The molecule has 0 aromatic heterocycles. The topological polar surface area (TPSA) is 54.0 Å². The molecule has 174 valence electrons. The van der Waals surface area contributed by atoms with E-state index in [0.717, 1.165) is 67.6 Å². The molecule has 2 rings (SSSR count). The number of rotatable bonds is 16. The maximum Gasteiger partial charge on any atom is 0.310 e. The number of fused-ring (bicyclic) bond motifs is 1. The fourth-order valence-corrected chi connectivity index (χ4v) is 3.68. The maximum absolute atomic E-state index is 14.4. The van der Waals surface area contributed by atoms with Gasteiger partial charge in [-0.3, -0.25) is 4.79 Å². The summed E-state index contributed by atoms with van der Waals surface area (Å²) in [7, 11) is 0. The van der Waals surface area contributed by atoms with E-state index >= 15 is 0 Å². The summed E-state index contributed by atoms with van der Waals surface area (Å²) in [6.45, 7) is 9.29. The Labute approximate surface area is 185 Å². The number of esters is 1. The summed E-state index contributed by atoms with van der Waals surface area (Å²) in [5.74, 6) is -0.446. The molecule has 0 N–H and O–H groups in total. The van der Waals surface area contributed by atoms with Crippen molar-refractivity contribution in [2.24, 2.45) is 0 Å². The van der Waals surface area contributed by atoms with Crippen LogP contribution in [0.1, 0.15) is 70.4 Å². The number of carbonyl (C=O) groups excluding carboxylic acids is 1. The number of benzene rings is 1. The first-order valence-electron chi connectivity index (χ1n) is 11.5. The molecule has 0 atom stereocenters. The van der Waals surface area contributed by atoms with Crippen LogP contribution in [0.25, 0.3) is 5.57 Å². The lowest BCUT2D eigenvalue weighted by Crippen LogP contribution is -2.09. The Bertz CT molecular complexity index is 729. The second-order valence-electron chi connectivity index (χ2n) is 7.84. The van der Waals surface area contributed by atoms with Crippen LogP contribution in [0.3, 0.4) is 0 Å². The minimum absolute atomic E-state index is 0.200. The van der Waals surface area contributed by atoms with Crippen molar-refractivity contribution in [1.82, 2.24) is 0 Å². The predicted octanol–water partition coefficient (Wildman–Crippen LogP) is 5.49. The van der Waals surface area contributed by atoms with Gasteiger partial charge in [0.05, 0.1) is 19.6 Å². The Balaban J connectivity index is 1.70. The zero-order valence-electron chi connectivity index (χ0n) is 19.3. The van der Waals surface area contributed by atoms with Crippen molar-refractivity contribution in [2.75, 3.05) is 39.6 Å². The Kier molecular flexibility index (Phi) is 11.6. The van der Waals surface area contributed by atoms with Crippen LogP contribution < -0.4 is 4.74 Å². The molecule has 0 fully saturated rings. The van der Waals surface area contributed by atoms with Gasteiger partial charge in [0.1, 0.15) is 6.61 Å². The standard InChI is InChI=1S/C25H37FO5/c1-4-10-28-11-8-6-7-9-12-29-13-14-31-24-17-22-20(16-23(24)26)15-19(3)21(22)18-25(27)30-5-2/h16-17H,4-15,18H2,1-3H3. The summed E-state index contributed by atoms with van der Waals surface area (Å²) in [5.41, 5.74) is 3.75. The first-order chi connectivity index (χ1) is 15.1. The van der Waals surface area contributed by atoms with E-state index in [1.807, 2.05) is 6.92 Å². The van der Waals surface area contributed by atoms with Crippen LogP contribution in [0.15, 0.2) is 17.7 Å². The number of hydrogen-bond donors (Lipinski definition) is 0. The number of halogens is 1. The van der Waals surface area contributed by atoms with Gasteiger partial charge in [-0.1, -0.05) is 25.3 Å². The molecule has 6 heteroatoms. The minimum Gasteiger partial charge on any atom is -0.488 e. The van der Waals surface area contributed by atoms with E-state index in [1.54, 1.807) is 13.0 Å². The van der Waals surface area contributed by atoms with E-state index in [0.29, 0.717) is 26.2 Å². The largest absolute Gasteiger partial charge is 0.488 e. The van der Waals surface area contributed by atoms with Gasteiger partial charge in [0.15, 0.2) is 11.6 Å². The highest BCUT2D eigenvalue weighted by Crippen LogP contribution is 2.38. The molecule has 0 bridgehead atoms. The normalized spacial score (nSPS) is 12.9. The summed E-state index contributed by atoms with van der Waals surface area (Å²) >= 11 is 0. The van der Waals surface area contributed by atoms with Gasteiger partial charge in [-0.05, 0) is 68.4 Å². The van der Waals surface area contributed by atoms with Crippen molar-refractivity contribution in [2.45, 2.75) is 65.7 Å². The molecule has 0 amide bonds. The molecule has 0 radical (unpaired) electrons. The van der Waals surface area contributed by atoms with Gasteiger partial charge in [0, 0.05) is 19.8 Å². The lowest BCUT2D eigenvalue weighted by atomic mass is 10.0. The monoisotopic (exact) mass is 436 g/mol. The molecular formula is C25H37FO5. The molecule has 31 heavy (non-hydrogen) atoms. The van der Waals surface area contributed by atoms with Crippen LogP contribution in [-0.4, -0.2) is 45.6 Å². The van der Waals surface area contributed by atoms with Crippen molar-refractivity contribution in [3.05, 3.63) is 34.6 Å². The number of allylic oxidation sites excluding steroid dienone is 1. The highest BCUT2D eigenvalue weighted by Gasteiger charge is 2.24. The Morgan fingerprint density at radius 2 is 1.68 bits per heavy atom. The molecule has 1 aromatic carbocycles. The van der Waals surface area contributed by atoms with E-state index < -0.39 is 0 Å². The molecule has 1 aromatic rings. The van der Waals surface area contributed by atoms with E-state index in [4.69, 9.17) is 18.9 Å². The average Bonchev–Trinajstić information content (AvgIpc) is 3.03. The third-order valence-electron chi connectivity index (χ3n) is 5.24. The third-order valence-corrected chi connectivity index (χ3v) is 5.24. The molecule has 0 saturated carbocycles. The molecular weight excluding hydrogens is 399 g/mol. The quantitative estimate of drug-likeness (QED) is 0.253. The number of unbranched alkanes of at least 4 members (excludes halogenated alkanes) is 3. The van der Waals surface area contributed by atoms with Gasteiger partial charge in [-0.2, -0.15) is 0 Å². The van der Waals surface area contributed by atoms with E-state index in [2.05, 4.69) is 6.92 Å². The van der Waals surface area contributed by atoms with Crippen LogP contribution in [0.4, 0.5) is 4.39 Å². The van der Waals surface area contributed by atoms with Crippen molar-refractivity contribution in [1.29, 1.82) is 0 Å². The van der Waals surface area contributed by atoms with E-state index in [-0.39, 0.29) is 30.6 Å². The van der Waals surface area contributed by atoms with Gasteiger partial charge in [-0.15, -0.1) is 0 Å². The van der Waals surface area contributed by atoms with Crippen molar-refractivity contribution >= 4 is 11.5 Å². The summed E-state index contributed by atoms with van der Waals surface area (Å²) in [4.78, 5) is 11.9. The number of carbonyl (C=O) groups is 1. The SMILES string of the molecule is CCCOCCCCCCOCCOc1cc2c(cc1F)CC(C)=C2CC(=O)OCC. The lowest BCUT2D eigenvalue weighted by molar-refractivity contribution is -0.141. The molecule has 5 nitrogen and oxygen atoms in total. The first-order valence-corrected chi connectivity index (χ1v) is 11.5. The Morgan fingerprint density at radius 1 is 0.968 bits per heavy atom. The number of ether oxygens (including phenoxy) is 4. The highest BCUT2D eigenvalue weighted by molar-refractivity contribution is 5.89. The van der Waals surface area contributed by atoms with Crippen LogP contribution in [0.2, 0.25) is 0 Å². The maximum atomic E-state index is 14.4. The Morgan fingerprint density at radius 3 is 2.35 bits per heavy atom. The fourth-order valence-electron chi connectivity index (χ4n) is 3.68. The van der Waals surface area contributed by atoms with Crippen LogP contribution in [0.5, 0.6) is 5.75 Å². The van der Waals surface area contributed by atoms with Crippen LogP contribution >= 0.6 is 0 Å². The van der Waals surface area contributed by atoms with Crippen molar-refractivity contribution < 1.29 is 28.1 Å². The number of hydrogen-bond acceptors (Lipinski definition) is 5. The summed E-state index contributed by atoms with van der Waals surface area (Å²) in [6.07, 6.45) is 6.27. The molecule has 0 saturated heterocycles. The highest BCUT2D eigenvalue weighted by atomic mass is 19.1. The van der Waals surface area contributed by atoms with Crippen LogP contribution in [-0.2, 0) is 25.4 Å². The molecule has 0 unspecified atom stereocenters. The van der Waals surface area contributed by atoms with Gasteiger partial charge in [0.25, 0.3) is 0 Å². The zero-order valence-corrected chi connectivity index (χ0v) is 19.3. The summed E-state index contributed by atoms with van der Waals surface area (Å²) < 4.78 is 36.2. The molecule has 1 aliphatic rings. The van der Waals surface area contributed by atoms with Gasteiger partial charge in [0.2, 0.25) is 0 Å². The van der Waals surface area contributed by atoms with Crippen molar-refractivity contribution in [3.63, 3.8) is 0 Å². The van der Waals surface area contributed by atoms with Gasteiger partial charge in [-0.25, -0.2) is 4.39 Å². The second kappa shape index (κ2) is 14.2. The zero-order chi connectivity index (χ0) is 22.5. The average molecular weight is 437 g/mol. The van der Waals surface area contributed by atoms with Crippen LogP contribution in [0, 0.1) is 5.82 Å². The molecule has 1 aliphatic carbocycles. The van der Waals surface area contributed by atoms with Gasteiger partial charge < -0.3 is 18.9 Å². The molecule has 0 aliphatic heterocycles. The van der Waals surface area contributed by atoms with E-state index in [1.165, 1.54) is 6.07 Å². The first kappa shape index (κ1) is 25.3. The van der Waals surface area contributed by atoms with Crippen molar-refractivity contribution in [3.8, 4) is 5.75 Å². The summed E-state index contributed by atoms with van der Waals surface area (Å²) in [5, 5.41) is 0. The Hall–Kier alpha value is -1.92. The molecule has 0 heterocycles. The smallest absolute Gasteiger partial charge is 0.310 e. The second-order valence-corrected chi connectivity index (χ2v) is 7.84. The minimum atomic E-state index is -0.380.